The fourth-order valence-corrected chi connectivity index (χ4v) is 4.55. The molecule has 4 heteroatoms. The zero-order chi connectivity index (χ0) is 15.7. The van der Waals surface area contributed by atoms with Crippen LogP contribution in [0.5, 0.6) is 5.75 Å². The summed E-state index contributed by atoms with van der Waals surface area (Å²) >= 11 is 0. The van der Waals surface area contributed by atoms with Gasteiger partial charge in [0, 0.05) is 37.8 Å². The van der Waals surface area contributed by atoms with E-state index in [9.17, 15) is 5.11 Å². The summed E-state index contributed by atoms with van der Waals surface area (Å²) in [5.41, 5.74) is 1.90. The normalized spacial score (nSPS) is 28.6. The molecule has 3 aliphatic rings. The Bertz CT molecular complexity index is 517. The van der Waals surface area contributed by atoms with E-state index >= 15 is 0 Å². The van der Waals surface area contributed by atoms with Crippen molar-refractivity contribution in [3.63, 3.8) is 0 Å². The van der Waals surface area contributed by atoms with Gasteiger partial charge >= 0.3 is 0 Å². The molecule has 1 spiro atoms. The molecule has 3 heterocycles. The Kier molecular flexibility index (Phi) is 4.31. The Balaban J connectivity index is 1.29. The molecular formula is C19H28N2O2. The highest BCUT2D eigenvalue weighted by Gasteiger charge is 2.47. The van der Waals surface area contributed by atoms with Crippen molar-refractivity contribution in [2.24, 2.45) is 5.41 Å². The lowest BCUT2D eigenvalue weighted by Gasteiger charge is -2.54. The third-order valence-electron chi connectivity index (χ3n) is 6.32. The van der Waals surface area contributed by atoms with Crippen molar-refractivity contribution in [3.05, 3.63) is 29.8 Å². The van der Waals surface area contributed by atoms with E-state index in [-0.39, 0.29) is 0 Å². The summed E-state index contributed by atoms with van der Waals surface area (Å²) in [4.78, 5) is 2.64. The summed E-state index contributed by atoms with van der Waals surface area (Å²) in [6.07, 6.45) is 4.92. The predicted octanol–water partition coefficient (Wildman–Crippen LogP) is 2.34. The Hall–Kier alpha value is -1.10. The summed E-state index contributed by atoms with van der Waals surface area (Å²) in [6.45, 7) is 6.65. The summed E-state index contributed by atoms with van der Waals surface area (Å²) < 4.78 is 5.55. The third-order valence-corrected chi connectivity index (χ3v) is 6.32. The lowest BCUT2D eigenvalue weighted by Crippen LogP contribution is -2.67. The van der Waals surface area contributed by atoms with Crippen molar-refractivity contribution in [2.45, 2.75) is 37.6 Å². The molecule has 4 rings (SSSR count). The van der Waals surface area contributed by atoms with Gasteiger partial charge in [-0.3, -0.25) is 0 Å². The van der Waals surface area contributed by atoms with Crippen molar-refractivity contribution in [2.75, 3.05) is 39.4 Å². The van der Waals surface area contributed by atoms with Gasteiger partial charge in [-0.15, -0.1) is 0 Å². The maximum atomic E-state index is 9.43. The Morgan fingerprint density at radius 1 is 1.13 bits per heavy atom. The van der Waals surface area contributed by atoms with Crippen LogP contribution in [0.15, 0.2) is 24.3 Å². The molecule has 2 N–H and O–H groups in total. The van der Waals surface area contributed by atoms with Gasteiger partial charge in [0.1, 0.15) is 5.75 Å². The molecule has 1 unspecified atom stereocenters. The standard InChI is InChI=1S/C19H28N2O2/c22-17-3-1-15(2-4-17)16-5-9-21(10-6-16)13-18-19(14-20-18)7-11-23-12-8-19/h1-4,16,18,20,22H,5-14H2. The van der Waals surface area contributed by atoms with E-state index in [1.54, 1.807) is 0 Å². The number of ether oxygens (including phenoxy) is 1. The van der Waals surface area contributed by atoms with Crippen LogP contribution in [-0.2, 0) is 4.74 Å². The molecule has 3 aliphatic heterocycles. The van der Waals surface area contributed by atoms with E-state index in [0.717, 1.165) is 13.2 Å². The van der Waals surface area contributed by atoms with E-state index in [1.807, 2.05) is 12.1 Å². The number of hydrogen-bond donors (Lipinski definition) is 2. The van der Waals surface area contributed by atoms with Crippen LogP contribution in [0.25, 0.3) is 0 Å². The third kappa shape index (κ3) is 3.12. The molecule has 1 aromatic carbocycles. The first-order chi connectivity index (χ1) is 11.3. The minimum Gasteiger partial charge on any atom is -0.508 e. The number of nitrogens with zero attached hydrogens (tertiary/aromatic N) is 1. The highest BCUT2D eigenvalue weighted by molar-refractivity contribution is 5.28. The molecule has 1 aromatic rings. The van der Waals surface area contributed by atoms with Crippen LogP contribution in [0.4, 0.5) is 0 Å². The highest BCUT2D eigenvalue weighted by Crippen LogP contribution is 2.40. The van der Waals surface area contributed by atoms with Crippen LogP contribution >= 0.6 is 0 Å². The minimum absolute atomic E-state index is 0.365. The van der Waals surface area contributed by atoms with Gasteiger partial charge in [0.15, 0.2) is 0 Å². The molecule has 1 atom stereocenters. The molecule has 0 radical (unpaired) electrons. The number of phenols is 1. The number of likely N-dealkylation sites (tertiary alicyclic amines) is 1. The molecule has 0 saturated carbocycles. The molecule has 4 nitrogen and oxygen atoms in total. The molecule has 0 bridgehead atoms. The van der Waals surface area contributed by atoms with Gasteiger partial charge in [-0.2, -0.15) is 0 Å². The predicted molar refractivity (Wildman–Crippen MR) is 90.8 cm³/mol. The Morgan fingerprint density at radius 2 is 1.83 bits per heavy atom. The Morgan fingerprint density at radius 3 is 2.43 bits per heavy atom. The topological polar surface area (TPSA) is 44.7 Å². The number of phenolic OH excluding ortho intramolecular Hbond substituents is 1. The number of aromatic hydroxyl groups is 1. The molecule has 0 aliphatic carbocycles. The number of hydrogen-bond acceptors (Lipinski definition) is 4. The van der Waals surface area contributed by atoms with Gasteiger partial charge < -0.3 is 20.1 Å². The lowest BCUT2D eigenvalue weighted by molar-refractivity contribution is -0.0565. The van der Waals surface area contributed by atoms with Gasteiger partial charge in [-0.1, -0.05) is 12.1 Å². The van der Waals surface area contributed by atoms with Crippen LogP contribution in [0.3, 0.4) is 0 Å². The maximum Gasteiger partial charge on any atom is 0.115 e. The zero-order valence-corrected chi connectivity index (χ0v) is 13.8. The second-order valence-corrected chi connectivity index (χ2v) is 7.57. The fourth-order valence-electron chi connectivity index (χ4n) is 4.55. The fraction of sp³-hybridized carbons (Fsp3) is 0.684. The summed E-state index contributed by atoms with van der Waals surface area (Å²) in [7, 11) is 0. The minimum atomic E-state index is 0.365. The number of benzene rings is 1. The maximum absolute atomic E-state index is 9.43. The molecule has 3 saturated heterocycles. The first-order valence-electron chi connectivity index (χ1n) is 9.08. The second kappa shape index (κ2) is 6.42. The number of rotatable bonds is 3. The molecular weight excluding hydrogens is 288 g/mol. The van der Waals surface area contributed by atoms with Crippen molar-refractivity contribution in [1.82, 2.24) is 10.2 Å². The first kappa shape index (κ1) is 15.4. The highest BCUT2D eigenvalue weighted by atomic mass is 16.5. The Labute approximate surface area is 138 Å². The van der Waals surface area contributed by atoms with E-state index in [2.05, 4.69) is 22.3 Å². The molecule has 126 valence electrons. The van der Waals surface area contributed by atoms with Crippen LogP contribution in [0, 0.1) is 5.41 Å². The van der Waals surface area contributed by atoms with Crippen molar-refractivity contribution in [3.8, 4) is 5.75 Å². The lowest BCUT2D eigenvalue weighted by atomic mass is 9.67. The SMILES string of the molecule is Oc1ccc(C2CCN(CC3NCC34CCOCC4)CC2)cc1. The number of piperidine rings is 1. The first-order valence-corrected chi connectivity index (χ1v) is 9.08. The smallest absolute Gasteiger partial charge is 0.115 e. The van der Waals surface area contributed by atoms with E-state index < -0.39 is 0 Å². The summed E-state index contributed by atoms with van der Waals surface area (Å²) in [5, 5.41) is 13.1. The molecule has 23 heavy (non-hydrogen) atoms. The molecule has 0 amide bonds. The van der Waals surface area contributed by atoms with Gasteiger partial charge in [-0.05, 0) is 62.4 Å². The van der Waals surface area contributed by atoms with E-state index in [0.29, 0.717) is 23.1 Å². The van der Waals surface area contributed by atoms with E-state index in [4.69, 9.17) is 4.74 Å². The van der Waals surface area contributed by atoms with Gasteiger partial charge in [0.05, 0.1) is 0 Å². The van der Waals surface area contributed by atoms with Gasteiger partial charge in [0.25, 0.3) is 0 Å². The van der Waals surface area contributed by atoms with Crippen molar-refractivity contribution < 1.29 is 9.84 Å². The largest absolute Gasteiger partial charge is 0.508 e. The van der Waals surface area contributed by atoms with Crippen molar-refractivity contribution in [1.29, 1.82) is 0 Å². The van der Waals surface area contributed by atoms with Crippen molar-refractivity contribution >= 4 is 0 Å². The van der Waals surface area contributed by atoms with Crippen LogP contribution in [-0.4, -0.2) is 55.4 Å². The zero-order valence-electron chi connectivity index (χ0n) is 13.8. The average Bonchev–Trinajstić information content (AvgIpc) is 2.61. The monoisotopic (exact) mass is 316 g/mol. The summed E-state index contributed by atoms with van der Waals surface area (Å²) in [5.74, 6) is 1.02. The summed E-state index contributed by atoms with van der Waals surface area (Å²) in [6, 6.07) is 8.46. The molecule has 3 fully saturated rings. The molecule has 0 aromatic heterocycles. The van der Waals surface area contributed by atoms with Gasteiger partial charge in [-0.25, -0.2) is 0 Å². The quantitative estimate of drug-likeness (QED) is 0.898. The van der Waals surface area contributed by atoms with Crippen LogP contribution < -0.4 is 5.32 Å². The van der Waals surface area contributed by atoms with Crippen LogP contribution in [0.2, 0.25) is 0 Å². The van der Waals surface area contributed by atoms with Crippen LogP contribution in [0.1, 0.15) is 37.2 Å². The second-order valence-electron chi connectivity index (χ2n) is 7.57. The van der Waals surface area contributed by atoms with E-state index in [1.165, 1.54) is 57.4 Å². The average molecular weight is 316 g/mol. The number of nitrogens with one attached hydrogen (secondary N) is 1. The van der Waals surface area contributed by atoms with Gasteiger partial charge in [0.2, 0.25) is 0 Å².